The Morgan fingerprint density at radius 3 is 2.56 bits per heavy atom. The molecule has 39 heavy (non-hydrogen) atoms. The monoisotopic (exact) mass is 529 g/mol. The molecule has 1 fully saturated rings. The van der Waals surface area contributed by atoms with Gasteiger partial charge in [0.15, 0.2) is 11.5 Å². The summed E-state index contributed by atoms with van der Waals surface area (Å²) in [6.07, 6.45) is 3.72. The van der Waals surface area contributed by atoms with Crippen LogP contribution in [0.25, 0.3) is 11.0 Å². The van der Waals surface area contributed by atoms with Gasteiger partial charge in [-0.3, -0.25) is 14.5 Å². The van der Waals surface area contributed by atoms with Crippen LogP contribution in [-0.2, 0) is 16.1 Å². The molecule has 6 rings (SSSR count). The third-order valence-electron chi connectivity index (χ3n) is 7.19. The van der Waals surface area contributed by atoms with E-state index in [0.29, 0.717) is 41.4 Å². The maximum Gasteiger partial charge on any atom is 0.249 e. The van der Waals surface area contributed by atoms with Crippen LogP contribution >= 0.6 is 0 Å². The zero-order valence-electron chi connectivity index (χ0n) is 21.3. The highest BCUT2D eigenvalue weighted by Gasteiger charge is 2.36. The first kappa shape index (κ1) is 24.8. The van der Waals surface area contributed by atoms with E-state index in [-0.39, 0.29) is 18.2 Å². The summed E-state index contributed by atoms with van der Waals surface area (Å²) < 4.78 is 28.2. The normalized spacial score (nSPS) is 15.7. The maximum atomic E-state index is 15.3. The van der Waals surface area contributed by atoms with Gasteiger partial charge in [0.2, 0.25) is 11.8 Å². The molecule has 2 amide bonds. The summed E-state index contributed by atoms with van der Waals surface area (Å²) in [5.41, 5.74) is 1.79. The van der Waals surface area contributed by atoms with E-state index in [0.717, 1.165) is 25.7 Å². The van der Waals surface area contributed by atoms with Crippen LogP contribution in [0, 0.1) is 5.82 Å². The number of rotatable bonds is 7. The first-order chi connectivity index (χ1) is 19.1. The Bertz CT molecular complexity index is 1520. The summed E-state index contributed by atoms with van der Waals surface area (Å²) in [4.78, 5) is 29.4. The van der Waals surface area contributed by atoms with Gasteiger partial charge >= 0.3 is 0 Å². The van der Waals surface area contributed by atoms with E-state index in [2.05, 4.69) is 15.6 Å². The Morgan fingerprint density at radius 2 is 1.74 bits per heavy atom. The molecule has 10 heteroatoms. The SMILES string of the molecule is O=C(NC1CCCC1)[C@@H](c1ccccc1F)N(C(=O)Cn1nnc2ccccc21)c1ccc2c(c1)OCCO2. The number of amides is 2. The molecule has 1 saturated carbocycles. The molecule has 2 aliphatic rings. The lowest BCUT2D eigenvalue weighted by Crippen LogP contribution is -2.47. The average Bonchev–Trinajstić information content (AvgIpc) is 3.62. The Kier molecular flexibility index (Phi) is 6.83. The van der Waals surface area contributed by atoms with Crippen molar-refractivity contribution < 1.29 is 23.5 Å². The van der Waals surface area contributed by atoms with Gasteiger partial charge in [0, 0.05) is 23.4 Å². The number of nitrogens with zero attached hydrogens (tertiary/aromatic N) is 4. The molecule has 9 nitrogen and oxygen atoms in total. The second-order valence-electron chi connectivity index (χ2n) is 9.74. The van der Waals surface area contributed by atoms with Crippen LogP contribution in [0.1, 0.15) is 37.3 Å². The third-order valence-corrected chi connectivity index (χ3v) is 7.19. The molecule has 4 aromatic rings. The van der Waals surface area contributed by atoms with Gasteiger partial charge in [0.1, 0.15) is 37.1 Å². The van der Waals surface area contributed by atoms with Gasteiger partial charge in [-0.15, -0.1) is 5.10 Å². The third kappa shape index (κ3) is 5.01. The van der Waals surface area contributed by atoms with Crippen LogP contribution in [0.3, 0.4) is 0 Å². The van der Waals surface area contributed by atoms with Crippen molar-refractivity contribution in [2.24, 2.45) is 0 Å². The lowest BCUT2D eigenvalue weighted by Gasteiger charge is -2.33. The fourth-order valence-corrected chi connectivity index (χ4v) is 5.30. The number of nitrogens with one attached hydrogen (secondary N) is 1. The topological polar surface area (TPSA) is 98.6 Å². The number of anilines is 1. The Labute approximate surface area is 224 Å². The van der Waals surface area contributed by atoms with E-state index < -0.39 is 23.7 Å². The molecule has 1 aromatic heterocycles. The van der Waals surface area contributed by atoms with Crippen LogP contribution in [0.4, 0.5) is 10.1 Å². The van der Waals surface area contributed by atoms with E-state index in [1.807, 2.05) is 18.2 Å². The average molecular weight is 530 g/mol. The summed E-state index contributed by atoms with van der Waals surface area (Å²) >= 11 is 0. The number of hydrogen-bond donors (Lipinski definition) is 1. The van der Waals surface area contributed by atoms with Crippen molar-refractivity contribution in [3.8, 4) is 11.5 Å². The molecule has 1 aliphatic heterocycles. The number of hydrogen-bond acceptors (Lipinski definition) is 6. The summed E-state index contributed by atoms with van der Waals surface area (Å²) in [6.45, 7) is 0.556. The van der Waals surface area contributed by atoms with Gasteiger partial charge in [0.05, 0.1) is 5.52 Å². The summed E-state index contributed by atoms with van der Waals surface area (Å²) in [7, 11) is 0. The van der Waals surface area contributed by atoms with E-state index in [1.165, 1.54) is 21.7 Å². The molecule has 3 aromatic carbocycles. The predicted octanol–water partition coefficient (Wildman–Crippen LogP) is 4.17. The standard InChI is InChI=1S/C29H28FN5O4/c30-22-10-4-3-9-21(22)28(29(37)31-19-7-1-2-8-19)35(20-13-14-25-26(17-20)39-16-15-38-25)27(36)18-34-24-12-6-5-11-23(24)32-33-34/h3-6,9-14,17,19,28H,1-2,7-8,15-16,18H2,(H,31,37)/t28-/m1/s1. The highest BCUT2D eigenvalue weighted by atomic mass is 19.1. The van der Waals surface area contributed by atoms with Gasteiger partial charge < -0.3 is 14.8 Å². The van der Waals surface area contributed by atoms with E-state index in [1.54, 1.807) is 36.4 Å². The lowest BCUT2D eigenvalue weighted by atomic mass is 10.0. The largest absolute Gasteiger partial charge is 0.486 e. The molecule has 1 atom stereocenters. The fraction of sp³-hybridized carbons (Fsp3) is 0.310. The van der Waals surface area contributed by atoms with Gasteiger partial charge in [-0.25, -0.2) is 9.07 Å². The predicted molar refractivity (Wildman–Crippen MR) is 142 cm³/mol. The Morgan fingerprint density at radius 1 is 1.00 bits per heavy atom. The zero-order chi connectivity index (χ0) is 26.8. The number of halogens is 1. The van der Waals surface area contributed by atoms with Crippen molar-refractivity contribution in [1.29, 1.82) is 0 Å². The number of benzene rings is 3. The van der Waals surface area contributed by atoms with Gasteiger partial charge in [0.25, 0.3) is 0 Å². The number of para-hydroxylation sites is 1. The van der Waals surface area contributed by atoms with Crippen LogP contribution < -0.4 is 19.7 Å². The molecule has 1 N–H and O–H groups in total. The minimum Gasteiger partial charge on any atom is -0.486 e. The number of carbonyl (C=O) groups is 2. The van der Waals surface area contributed by atoms with Crippen LogP contribution in [0.15, 0.2) is 66.7 Å². The van der Waals surface area contributed by atoms with Crippen molar-refractivity contribution in [3.63, 3.8) is 0 Å². The first-order valence-corrected chi connectivity index (χ1v) is 13.1. The molecule has 0 bridgehead atoms. The number of aromatic nitrogens is 3. The molecular formula is C29H28FN5O4. The summed E-state index contributed by atoms with van der Waals surface area (Å²) in [6, 6.07) is 17.1. The van der Waals surface area contributed by atoms with Gasteiger partial charge in [-0.1, -0.05) is 48.4 Å². The highest BCUT2D eigenvalue weighted by molar-refractivity contribution is 6.02. The first-order valence-electron chi connectivity index (χ1n) is 13.1. The molecule has 0 saturated heterocycles. The van der Waals surface area contributed by atoms with Crippen LogP contribution in [0.5, 0.6) is 11.5 Å². The molecule has 0 radical (unpaired) electrons. The highest BCUT2D eigenvalue weighted by Crippen LogP contribution is 2.38. The maximum absolute atomic E-state index is 15.3. The van der Waals surface area contributed by atoms with Crippen LogP contribution in [0.2, 0.25) is 0 Å². The Balaban J connectivity index is 1.45. The van der Waals surface area contributed by atoms with Crippen molar-refractivity contribution >= 4 is 28.5 Å². The molecule has 0 spiro atoms. The molecule has 200 valence electrons. The Hall–Kier alpha value is -4.47. The van der Waals surface area contributed by atoms with E-state index in [4.69, 9.17) is 9.47 Å². The number of carbonyl (C=O) groups excluding carboxylic acids is 2. The van der Waals surface area contributed by atoms with E-state index >= 15 is 4.39 Å². The second-order valence-corrected chi connectivity index (χ2v) is 9.74. The summed E-state index contributed by atoms with van der Waals surface area (Å²) in [5.74, 6) is -0.495. The van der Waals surface area contributed by atoms with Crippen molar-refractivity contribution in [2.45, 2.75) is 44.3 Å². The molecule has 2 heterocycles. The smallest absolute Gasteiger partial charge is 0.249 e. The lowest BCUT2D eigenvalue weighted by molar-refractivity contribution is -0.127. The molecule has 1 aliphatic carbocycles. The quantitative estimate of drug-likeness (QED) is 0.386. The van der Waals surface area contributed by atoms with Gasteiger partial charge in [-0.2, -0.15) is 0 Å². The zero-order valence-corrected chi connectivity index (χ0v) is 21.3. The van der Waals surface area contributed by atoms with E-state index in [9.17, 15) is 9.59 Å². The number of fused-ring (bicyclic) bond motifs is 2. The second kappa shape index (κ2) is 10.7. The number of ether oxygens (including phenoxy) is 2. The van der Waals surface area contributed by atoms with Crippen molar-refractivity contribution in [3.05, 3.63) is 78.1 Å². The van der Waals surface area contributed by atoms with Crippen LogP contribution in [-0.4, -0.2) is 46.1 Å². The van der Waals surface area contributed by atoms with Crippen molar-refractivity contribution in [1.82, 2.24) is 20.3 Å². The van der Waals surface area contributed by atoms with Crippen molar-refractivity contribution in [2.75, 3.05) is 18.1 Å². The molecule has 0 unspecified atom stereocenters. The molecular weight excluding hydrogens is 501 g/mol. The minimum absolute atomic E-state index is 0.0248. The minimum atomic E-state index is -1.27. The summed E-state index contributed by atoms with van der Waals surface area (Å²) in [5, 5.41) is 11.4. The fourth-order valence-electron chi connectivity index (χ4n) is 5.30. The van der Waals surface area contributed by atoms with Gasteiger partial charge in [-0.05, 0) is 43.2 Å².